The van der Waals surface area contributed by atoms with E-state index in [9.17, 15) is 9.90 Å². The van der Waals surface area contributed by atoms with Crippen LogP contribution in [0.5, 0.6) is 0 Å². The lowest BCUT2D eigenvalue weighted by atomic mass is 9.84. The van der Waals surface area contributed by atoms with Crippen molar-refractivity contribution in [2.45, 2.75) is 44.1 Å². The van der Waals surface area contributed by atoms with Gasteiger partial charge in [-0.15, -0.1) is 11.3 Å². The smallest absolute Gasteiger partial charge is 0.254 e. The minimum atomic E-state index is -0.433. The van der Waals surface area contributed by atoms with Crippen molar-refractivity contribution in [3.8, 4) is 0 Å². The Kier molecular flexibility index (Phi) is 4.36. The van der Waals surface area contributed by atoms with Crippen LogP contribution in [0.25, 0.3) is 0 Å². The summed E-state index contributed by atoms with van der Waals surface area (Å²) in [5, 5.41) is 12.8. The van der Waals surface area contributed by atoms with Gasteiger partial charge in [-0.05, 0) is 38.0 Å². The van der Waals surface area contributed by atoms with E-state index in [-0.39, 0.29) is 11.3 Å². The zero-order valence-electron chi connectivity index (χ0n) is 12.7. The molecule has 3 rings (SSSR count). The average Bonchev–Trinajstić information content (AvgIpc) is 3.24. The molecule has 1 aliphatic rings. The normalized spacial score (nSPS) is 18.3. The maximum Gasteiger partial charge on any atom is 0.254 e. The molecule has 1 fully saturated rings. The van der Waals surface area contributed by atoms with E-state index in [1.807, 2.05) is 6.07 Å². The summed E-state index contributed by atoms with van der Waals surface area (Å²) in [4.78, 5) is 14.4. The Balaban J connectivity index is 1.75. The fourth-order valence-corrected chi connectivity index (χ4v) is 4.36. The molecular weight excluding hydrogens is 298 g/mol. The van der Waals surface area contributed by atoms with Gasteiger partial charge in [-0.3, -0.25) is 4.79 Å². The molecule has 2 aromatic rings. The van der Waals surface area contributed by atoms with Gasteiger partial charge in [0.05, 0.1) is 17.9 Å². The molecule has 5 heteroatoms. The van der Waals surface area contributed by atoms with Crippen LogP contribution in [0.1, 0.15) is 58.8 Å². The molecule has 0 aromatic carbocycles. The SMILES string of the molecule is CC(O)c1ccc(C2(CNC(=O)c3ccoc3)CCCC2)s1. The molecule has 1 atom stereocenters. The predicted molar refractivity (Wildman–Crippen MR) is 86.1 cm³/mol. The fraction of sp³-hybridized carbons (Fsp3) is 0.471. The van der Waals surface area contributed by atoms with E-state index in [0.29, 0.717) is 12.1 Å². The highest BCUT2D eigenvalue weighted by Gasteiger charge is 2.37. The third-order valence-electron chi connectivity index (χ3n) is 4.49. The van der Waals surface area contributed by atoms with Crippen LogP contribution in [0, 0.1) is 0 Å². The van der Waals surface area contributed by atoms with Crippen molar-refractivity contribution >= 4 is 17.2 Å². The Morgan fingerprint density at radius 1 is 1.41 bits per heavy atom. The summed E-state index contributed by atoms with van der Waals surface area (Å²) < 4.78 is 4.96. The van der Waals surface area contributed by atoms with Gasteiger partial charge in [0.15, 0.2) is 0 Å². The first-order chi connectivity index (χ1) is 10.6. The van der Waals surface area contributed by atoms with E-state index in [1.54, 1.807) is 24.3 Å². The molecule has 2 aromatic heterocycles. The third-order valence-corrected chi connectivity index (χ3v) is 5.99. The second-order valence-corrected chi connectivity index (χ2v) is 7.18. The molecule has 0 bridgehead atoms. The van der Waals surface area contributed by atoms with Crippen molar-refractivity contribution in [1.82, 2.24) is 5.32 Å². The highest BCUT2D eigenvalue weighted by molar-refractivity contribution is 7.12. The van der Waals surface area contributed by atoms with Crippen LogP contribution in [-0.4, -0.2) is 17.6 Å². The first-order valence-corrected chi connectivity index (χ1v) is 8.51. The van der Waals surface area contributed by atoms with E-state index in [2.05, 4.69) is 11.4 Å². The molecule has 1 unspecified atom stereocenters. The first kappa shape index (κ1) is 15.3. The number of hydrogen-bond acceptors (Lipinski definition) is 4. The Labute approximate surface area is 134 Å². The van der Waals surface area contributed by atoms with Gasteiger partial charge in [0, 0.05) is 21.7 Å². The summed E-state index contributed by atoms with van der Waals surface area (Å²) in [5.74, 6) is -0.0904. The van der Waals surface area contributed by atoms with Crippen molar-refractivity contribution in [3.63, 3.8) is 0 Å². The Morgan fingerprint density at radius 3 is 2.77 bits per heavy atom. The number of amides is 1. The van der Waals surface area contributed by atoms with Gasteiger partial charge < -0.3 is 14.8 Å². The van der Waals surface area contributed by atoms with Crippen LogP contribution in [0.3, 0.4) is 0 Å². The molecule has 0 aliphatic heterocycles. The molecule has 2 heterocycles. The second-order valence-electron chi connectivity index (χ2n) is 6.06. The highest BCUT2D eigenvalue weighted by atomic mass is 32.1. The average molecular weight is 319 g/mol. The summed E-state index contributed by atoms with van der Waals surface area (Å²) in [6.07, 6.45) is 7.07. The maximum atomic E-state index is 12.1. The number of carbonyl (C=O) groups is 1. The summed E-state index contributed by atoms with van der Waals surface area (Å²) in [6.45, 7) is 2.42. The van der Waals surface area contributed by atoms with E-state index in [4.69, 9.17) is 4.42 Å². The van der Waals surface area contributed by atoms with Gasteiger partial charge in [0.25, 0.3) is 5.91 Å². The number of thiophene rings is 1. The standard InChI is InChI=1S/C17H21NO3S/c1-12(19)14-4-5-15(22-14)17(7-2-3-8-17)11-18-16(20)13-6-9-21-10-13/h4-6,9-10,12,19H,2-3,7-8,11H2,1H3,(H,18,20). The lowest BCUT2D eigenvalue weighted by Crippen LogP contribution is -2.38. The van der Waals surface area contributed by atoms with Crippen molar-refractivity contribution in [3.05, 3.63) is 46.0 Å². The van der Waals surface area contributed by atoms with Gasteiger partial charge in [0.2, 0.25) is 0 Å². The lowest BCUT2D eigenvalue weighted by Gasteiger charge is -2.28. The monoisotopic (exact) mass is 319 g/mol. The van der Waals surface area contributed by atoms with Gasteiger partial charge in [-0.1, -0.05) is 12.8 Å². The maximum absolute atomic E-state index is 12.1. The summed E-state index contributed by atoms with van der Waals surface area (Å²) in [7, 11) is 0. The highest BCUT2D eigenvalue weighted by Crippen LogP contribution is 2.44. The van der Waals surface area contributed by atoms with Crippen molar-refractivity contribution < 1.29 is 14.3 Å². The van der Waals surface area contributed by atoms with Crippen molar-refractivity contribution in [2.24, 2.45) is 0 Å². The lowest BCUT2D eigenvalue weighted by molar-refractivity contribution is 0.0943. The summed E-state index contributed by atoms with van der Waals surface area (Å²) in [6, 6.07) is 5.79. The van der Waals surface area contributed by atoms with Crippen LogP contribution in [0.2, 0.25) is 0 Å². The number of nitrogens with one attached hydrogen (secondary N) is 1. The number of aliphatic hydroxyl groups is 1. The summed E-state index contributed by atoms with van der Waals surface area (Å²) >= 11 is 1.67. The Bertz CT molecular complexity index is 624. The largest absolute Gasteiger partial charge is 0.472 e. The van der Waals surface area contributed by atoms with Crippen LogP contribution in [-0.2, 0) is 5.41 Å². The Morgan fingerprint density at radius 2 is 2.18 bits per heavy atom. The molecule has 1 amide bonds. The van der Waals surface area contributed by atoms with Gasteiger partial charge >= 0.3 is 0 Å². The molecule has 0 spiro atoms. The van der Waals surface area contributed by atoms with E-state index < -0.39 is 6.10 Å². The number of hydrogen-bond donors (Lipinski definition) is 2. The zero-order valence-corrected chi connectivity index (χ0v) is 13.5. The molecule has 118 valence electrons. The second kappa shape index (κ2) is 6.26. The Hall–Kier alpha value is -1.59. The van der Waals surface area contributed by atoms with Gasteiger partial charge in [-0.2, -0.15) is 0 Å². The summed E-state index contributed by atoms with van der Waals surface area (Å²) in [5.41, 5.74) is 0.570. The minimum absolute atomic E-state index is 0.0111. The van der Waals surface area contributed by atoms with E-state index in [1.165, 1.54) is 30.2 Å². The quantitative estimate of drug-likeness (QED) is 0.884. The van der Waals surface area contributed by atoms with E-state index in [0.717, 1.165) is 17.7 Å². The topological polar surface area (TPSA) is 62.5 Å². The molecule has 2 N–H and O–H groups in total. The molecule has 0 radical (unpaired) electrons. The van der Waals surface area contributed by atoms with Crippen LogP contribution in [0.15, 0.2) is 35.1 Å². The number of aliphatic hydroxyl groups excluding tert-OH is 1. The van der Waals surface area contributed by atoms with Crippen molar-refractivity contribution in [2.75, 3.05) is 6.54 Å². The number of furan rings is 1. The molecular formula is C17H21NO3S. The zero-order chi connectivity index (χ0) is 15.6. The third kappa shape index (κ3) is 2.96. The number of rotatable bonds is 5. The first-order valence-electron chi connectivity index (χ1n) is 7.69. The molecule has 1 aliphatic carbocycles. The fourth-order valence-electron chi connectivity index (χ4n) is 3.17. The molecule has 22 heavy (non-hydrogen) atoms. The molecule has 4 nitrogen and oxygen atoms in total. The van der Waals surface area contributed by atoms with Gasteiger partial charge in [0.1, 0.15) is 6.26 Å². The van der Waals surface area contributed by atoms with Crippen LogP contribution in [0.4, 0.5) is 0 Å². The molecule has 1 saturated carbocycles. The number of carbonyl (C=O) groups excluding carboxylic acids is 1. The van der Waals surface area contributed by atoms with E-state index >= 15 is 0 Å². The molecule has 0 saturated heterocycles. The van der Waals surface area contributed by atoms with Gasteiger partial charge in [-0.25, -0.2) is 0 Å². The van der Waals surface area contributed by atoms with Crippen molar-refractivity contribution in [1.29, 1.82) is 0 Å². The minimum Gasteiger partial charge on any atom is -0.472 e. The van der Waals surface area contributed by atoms with Crippen LogP contribution >= 0.6 is 11.3 Å². The predicted octanol–water partition coefficient (Wildman–Crippen LogP) is 3.64. The van der Waals surface area contributed by atoms with Crippen LogP contribution < -0.4 is 5.32 Å².